The number of amides is 1. The van der Waals surface area contributed by atoms with Gasteiger partial charge >= 0.3 is 0 Å². The molecule has 5 heteroatoms. The number of carbonyl (C=O) groups excluding carboxylic acids is 1. The summed E-state index contributed by atoms with van der Waals surface area (Å²) >= 11 is 0. The highest BCUT2D eigenvalue weighted by atomic mass is 16.5. The Balaban J connectivity index is 2.25. The lowest BCUT2D eigenvalue weighted by molar-refractivity contribution is -0.120. The number of hydrogen-bond donors (Lipinski definition) is 1. The molecule has 0 aliphatic rings. The molecule has 1 N–H and O–H groups in total. The number of aromatic nitrogens is 2. The van der Waals surface area contributed by atoms with Crippen LogP contribution in [-0.4, -0.2) is 29.3 Å². The molecule has 0 bridgehead atoms. The lowest BCUT2D eigenvalue weighted by Gasteiger charge is -2.05. The van der Waals surface area contributed by atoms with E-state index in [0.29, 0.717) is 0 Å². The number of imidazole rings is 1. The fourth-order valence-electron chi connectivity index (χ4n) is 1.35. The molecule has 78 valence electrons. The van der Waals surface area contributed by atoms with Gasteiger partial charge < -0.3 is 4.74 Å². The summed E-state index contributed by atoms with van der Waals surface area (Å²) in [7, 11) is 1.48. The van der Waals surface area contributed by atoms with Gasteiger partial charge in [-0.05, 0) is 12.1 Å². The first kappa shape index (κ1) is 9.67. The number of rotatable bonds is 3. The molecule has 15 heavy (non-hydrogen) atoms. The zero-order valence-electron chi connectivity index (χ0n) is 8.30. The summed E-state index contributed by atoms with van der Waals surface area (Å²) < 4.78 is 6.30. The number of ether oxygens (including phenoxy) is 1. The quantitative estimate of drug-likeness (QED) is 0.804. The second-order valence-electron chi connectivity index (χ2n) is 3.07. The van der Waals surface area contributed by atoms with Crippen LogP contribution in [-0.2, 0) is 9.53 Å². The lowest BCUT2D eigenvalue weighted by Crippen LogP contribution is -2.25. The van der Waals surface area contributed by atoms with E-state index in [-0.39, 0.29) is 12.5 Å². The van der Waals surface area contributed by atoms with Gasteiger partial charge in [0.2, 0.25) is 0 Å². The number of nitrogens with one attached hydrogen (secondary N) is 1. The third kappa shape index (κ3) is 1.97. The molecule has 1 heterocycles. The van der Waals surface area contributed by atoms with Crippen molar-refractivity contribution in [3.8, 4) is 0 Å². The van der Waals surface area contributed by atoms with Gasteiger partial charge in [0.1, 0.15) is 12.9 Å². The van der Waals surface area contributed by atoms with E-state index in [1.54, 1.807) is 11.0 Å². The average molecular weight is 205 g/mol. The first-order valence-corrected chi connectivity index (χ1v) is 4.52. The Labute approximate surface area is 86.6 Å². The van der Waals surface area contributed by atoms with Crippen molar-refractivity contribution in [1.29, 1.82) is 0 Å². The second kappa shape index (κ2) is 4.10. The topological polar surface area (TPSA) is 56.1 Å². The molecule has 0 saturated heterocycles. The maximum absolute atomic E-state index is 11.3. The molecule has 1 aromatic heterocycles. The molecular weight excluding hydrogens is 194 g/mol. The zero-order valence-corrected chi connectivity index (χ0v) is 8.30. The minimum absolute atomic E-state index is 0.0342. The number of methoxy groups -OCH3 is 1. The van der Waals surface area contributed by atoms with E-state index in [2.05, 4.69) is 10.4 Å². The fourth-order valence-corrected chi connectivity index (χ4v) is 1.35. The third-order valence-corrected chi connectivity index (χ3v) is 1.97. The van der Waals surface area contributed by atoms with Gasteiger partial charge in [0, 0.05) is 7.11 Å². The van der Waals surface area contributed by atoms with E-state index in [1.165, 1.54) is 7.11 Å². The van der Waals surface area contributed by atoms with Gasteiger partial charge in [-0.1, -0.05) is 12.1 Å². The monoisotopic (exact) mass is 205 g/mol. The highest BCUT2D eigenvalue weighted by molar-refractivity contribution is 5.87. The Hall–Kier alpha value is -1.88. The summed E-state index contributed by atoms with van der Waals surface area (Å²) in [4.78, 5) is 15.4. The SMILES string of the molecule is COCC(=O)Nn1cnc2ccccc21. The molecule has 0 aliphatic carbocycles. The Kier molecular flexibility index (Phi) is 2.64. The smallest absolute Gasteiger partial charge is 0.264 e. The van der Waals surface area contributed by atoms with Crippen molar-refractivity contribution in [2.45, 2.75) is 0 Å². The first-order chi connectivity index (χ1) is 7.31. The van der Waals surface area contributed by atoms with Crippen LogP contribution < -0.4 is 5.43 Å². The van der Waals surface area contributed by atoms with Gasteiger partial charge in [-0.3, -0.25) is 10.2 Å². The van der Waals surface area contributed by atoms with Gasteiger partial charge in [-0.2, -0.15) is 0 Å². The molecular formula is C10H11N3O2. The summed E-state index contributed by atoms with van der Waals surface area (Å²) in [6, 6.07) is 7.56. The van der Waals surface area contributed by atoms with Gasteiger partial charge in [0.05, 0.1) is 11.0 Å². The van der Waals surface area contributed by atoms with E-state index in [9.17, 15) is 4.79 Å². The van der Waals surface area contributed by atoms with Crippen molar-refractivity contribution in [2.24, 2.45) is 0 Å². The van der Waals surface area contributed by atoms with Crippen molar-refractivity contribution in [2.75, 3.05) is 19.1 Å². The standard InChI is InChI=1S/C10H11N3O2/c1-15-6-10(14)12-13-7-11-8-4-2-3-5-9(8)13/h2-5,7H,6H2,1H3,(H,12,14). The Morgan fingerprint density at radius 3 is 3.13 bits per heavy atom. The van der Waals surface area contributed by atoms with Gasteiger partial charge in [0.15, 0.2) is 0 Å². The molecule has 1 amide bonds. The van der Waals surface area contributed by atoms with Crippen LogP contribution in [0.3, 0.4) is 0 Å². The number of hydrogen-bond acceptors (Lipinski definition) is 3. The van der Waals surface area contributed by atoms with Crippen molar-refractivity contribution >= 4 is 16.9 Å². The Morgan fingerprint density at radius 1 is 1.53 bits per heavy atom. The normalized spacial score (nSPS) is 10.5. The lowest BCUT2D eigenvalue weighted by atomic mass is 10.3. The number of benzene rings is 1. The van der Waals surface area contributed by atoms with Crippen LogP contribution in [0.5, 0.6) is 0 Å². The summed E-state index contributed by atoms with van der Waals surface area (Å²) in [6.07, 6.45) is 1.57. The molecule has 0 atom stereocenters. The van der Waals surface area contributed by atoms with E-state index in [0.717, 1.165) is 11.0 Å². The number of para-hydroxylation sites is 2. The van der Waals surface area contributed by atoms with Gasteiger partial charge in [-0.25, -0.2) is 9.66 Å². The molecule has 1 aromatic carbocycles. The fraction of sp³-hybridized carbons (Fsp3) is 0.200. The average Bonchev–Trinajstić information content (AvgIpc) is 2.62. The molecule has 0 aliphatic heterocycles. The summed E-state index contributed by atoms with van der Waals surface area (Å²) in [5.74, 6) is -0.208. The highest BCUT2D eigenvalue weighted by Gasteiger charge is 2.04. The van der Waals surface area contributed by atoms with Crippen LogP contribution in [0.1, 0.15) is 0 Å². The molecule has 0 spiro atoms. The van der Waals surface area contributed by atoms with Crippen LogP contribution in [0.2, 0.25) is 0 Å². The number of fused-ring (bicyclic) bond motifs is 1. The van der Waals surface area contributed by atoms with Crippen molar-refractivity contribution < 1.29 is 9.53 Å². The van der Waals surface area contributed by atoms with Crippen LogP contribution in [0, 0.1) is 0 Å². The molecule has 0 fully saturated rings. The zero-order chi connectivity index (χ0) is 10.7. The molecule has 0 unspecified atom stereocenters. The van der Waals surface area contributed by atoms with Crippen molar-refractivity contribution in [1.82, 2.24) is 9.66 Å². The van der Waals surface area contributed by atoms with Gasteiger partial charge in [-0.15, -0.1) is 0 Å². The van der Waals surface area contributed by atoms with Crippen molar-refractivity contribution in [3.05, 3.63) is 30.6 Å². The largest absolute Gasteiger partial charge is 0.375 e. The van der Waals surface area contributed by atoms with E-state index in [4.69, 9.17) is 4.74 Å². The predicted octanol–water partition coefficient (Wildman–Crippen LogP) is 0.753. The van der Waals surface area contributed by atoms with Crippen LogP contribution in [0.25, 0.3) is 11.0 Å². The van der Waals surface area contributed by atoms with E-state index < -0.39 is 0 Å². The Bertz CT molecular complexity index is 478. The maximum Gasteiger partial charge on any atom is 0.264 e. The molecule has 2 aromatic rings. The summed E-state index contributed by atoms with van der Waals surface area (Å²) in [6.45, 7) is 0.0342. The molecule has 2 rings (SSSR count). The number of carbonyl (C=O) groups is 1. The summed E-state index contributed by atoms with van der Waals surface area (Å²) in [5, 5.41) is 0. The minimum atomic E-state index is -0.208. The molecule has 0 radical (unpaired) electrons. The molecule has 5 nitrogen and oxygen atoms in total. The second-order valence-corrected chi connectivity index (χ2v) is 3.07. The van der Waals surface area contributed by atoms with Crippen LogP contribution >= 0.6 is 0 Å². The van der Waals surface area contributed by atoms with Crippen molar-refractivity contribution in [3.63, 3.8) is 0 Å². The van der Waals surface area contributed by atoms with Gasteiger partial charge in [0.25, 0.3) is 5.91 Å². The highest BCUT2D eigenvalue weighted by Crippen LogP contribution is 2.09. The van der Waals surface area contributed by atoms with E-state index >= 15 is 0 Å². The van der Waals surface area contributed by atoms with Crippen LogP contribution in [0.15, 0.2) is 30.6 Å². The maximum atomic E-state index is 11.3. The Morgan fingerprint density at radius 2 is 2.33 bits per heavy atom. The number of nitrogens with zero attached hydrogens (tertiary/aromatic N) is 2. The van der Waals surface area contributed by atoms with E-state index in [1.807, 2.05) is 24.3 Å². The molecule has 0 saturated carbocycles. The third-order valence-electron chi connectivity index (χ3n) is 1.97. The van der Waals surface area contributed by atoms with Crippen LogP contribution in [0.4, 0.5) is 0 Å². The first-order valence-electron chi connectivity index (χ1n) is 4.52. The minimum Gasteiger partial charge on any atom is -0.375 e. The predicted molar refractivity (Wildman–Crippen MR) is 56.0 cm³/mol. The summed E-state index contributed by atoms with van der Waals surface area (Å²) in [5.41, 5.74) is 4.36.